The van der Waals surface area contributed by atoms with Gasteiger partial charge in [0.2, 0.25) is 11.8 Å². The van der Waals surface area contributed by atoms with Crippen LogP contribution in [0, 0.1) is 26.2 Å². The smallest absolute Gasteiger partial charge is 0.228 e. The highest BCUT2D eigenvalue weighted by Gasteiger charge is 2.39. The number of hydrogen-bond acceptors (Lipinski definition) is 6. The van der Waals surface area contributed by atoms with Crippen molar-refractivity contribution in [1.29, 1.82) is 0 Å². The Morgan fingerprint density at radius 1 is 1.27 bits per heavy atom. The molecular formula is C22H30N4O4. The van der Waals surface area contributed by atoms with E-state index in [1.807, 2.05) is 32.9 Å². The van der Waals surface area contributed by atoms with Crippen molar-refractivity contribution < 1.29 is 19.0 Å². The summed E-state index contributed by atoms with van der Waals surface area (Å²) in [6.07, 6.45) is 1.66. The van der Waals surface area contributed by atoms with Gasteiger partial charge in [0.15, 0.2) is 0 Å². The van der Waals surface area contributed by atoms with Crippen molar-refractivity contribution in [2.45, 2.75) is 47.0 Å². The summed E-state index contributed by atoms with van der Waals surface area (Å²) in [6, 6.07) is 6.02. The molecule has 2 amide bonds. The first-order chi connectivity index (χ1) is 14.3. The maximum absolute atomic E-state index is 12.8. The first-order valence-electron chi connectivity index (χ1n) is 10.3. The molecule has 1 N–H and O–H groups in total. The molecule has 1 atom stereocenters. The van der Waals surface area contributed by atoms with Crippen LogP contribution in [0.3, 0.4) is 0 Å². The Morgan fingerprint density at radius 2 is 2.07 bits per heavy atom. The second-order valence-electron chi connectivity index (χ2n) is 8.33. The van der Waals surface area contributed by atoms with Gasteiger partial charge in [0, 0.05) is 13.1 Å². The fraction of sp³-hybridized carbons (Fsp3) is 0.545. The van der Waals surface area contributed by atoms with Gasteiger partial charge in [-0.1, -0.05) is 28.0 Å². The van der Waals surface area contributed by atoms with Gasteiger partial charge in [0.25, 0.3) is 0 Å². The first kappa shape index (κ1) is 21.8. The highest BCUT2D eigenvalue weighted by molar-refractivity contribution is 5.84. The first-order valence-corrected chi connectivity index (χ1v) is 10.3. The summed E-state index contributed by atoms with van der Waals surface area (Å²) in [7, 11) is 0. The van der Waals surface area contributed by atoms with E-state index >= 15 is 0 Å². The summed E-state index contributed by atoms with van der Waals surface area (Å²) >= 11 is 0. The van der Waals surface area contributed by atoms with Crippen molar-refractivity contribution >= 4 is 11.8 Å². The van der Waals surface area contributed by atoms with Crippen LogP contribution in [0.25, 0.3) is 0 Å². The maximum Gasteiger partial charge on any atom is 0.228 e. The molecule has 0 spiro atoms. The number of rotatable bonds is 7. The van der Waals surface area contributed by atoms with Crippen LogP contribution in [0.15, 0.2) is 22.8 Å². The number of piperidine rings is 1. The molecule has 0 bridgehead atoms. The van der Waals surface area contributed by atoms with E-state index < -0.39 is 5.41 Å². The third-order valence-corrected chi connectivity index (χ3v) is 5.64. The standard InChI is InChI=1S/C22H30N4O4/c1-15-6-7-19(16(2)12-15)29-11-9-23-21(28)22(4)8-5-10-26(14-22)20(27)13-18-17(3)24-30-25-18/h6-7,12H,5,8-11,13-14H2,1-4H3,(H,23,28). The van der Waals surface area contributed by atoms with Crippen LogP contribution in [-0.4, -0.2) is 53.3 Å². The summed E-state index contributed by atoms with van der Waals surface area (Å²) in [5.74, 6) is 0.711. The van der Waals surface area contributed by atoms with Crippen LogP contribution in [0.2, 0.25) is 0 Å². The Kier molecular flexibility index (Phi) is 6.74. The lowest BCUT2D eigenvalue weighted by Crippen LogP contribution is -2.52. The summed E-state index contributed by atoms with van der Waals surface area (Å²) in [5.41, 5.74) is 2.80. The number of aryl methyl sites for hydroxylation is 3. The molecule has 3 rings (SSSR count). The number of carbonyl (C=O) groups excluding carboxylic acids is 2. The number of hydrogen-bond donors (Lipinski definition) is 1. The Hall–Kier alpha value is -2.90. The number of ether oxygens (including phenoxy) is 1. The Balaban J connectivity index is 1.49. The van der Waals surface area contributed by atoms with E-state index in [-0.39, 0.29) is 18.2 Å². The molecule has 2 heterocycles. The minimum Gasteiger partial charge on any atom is -0.491 e. The molecule has 2 aromatic rings. The monoisotopic (exact) mass is 414 g/mol. The van der Waals surface area contributed by atoms with E-state index in [1.54, 1.807) is 11.8 Å². The molecule has 0 aliphatic carbocycles. The fourth-order valence-corrected chi connectivity index (χ4v) is 3.80. The molecule has 1 fully saturated rings. The number of carbonyl (C=O) groups is 2. The molecule has 1 aliphatic heterocycles. The fourth-order valence-electron chi connectivity index (χ4n) is 3.80. The minimum atomic E-state index is -0.620. The van der Waals surface area contributed by atoms with Gasteiger partial charge in [0.05, 0.1) is 18.4 Å². The second kappa shape index (κ2) is 9.28. The molecular weight excluding hydrogens is 384 g/mol. The molecule has 1 saturated heterocycles. The maximum atomic E-state index is 12.8. The molecule has 1 aromatic carbocycles. The van der Waals surface area contributed by atoms with Crippen molar-refractivity contribution in [3.63, 3.8) is 0 Å². The second-order valence-corrected chi connectivity index (χ2v) is 8.33. The van der Waals surface area contributed by atoms with Gasteiger partial charge in [-0.25, -0.2) is 4.63 Å². The third kappa shape index (κ3) is 5.17. The zero-order chi connectivity index (χ0) is 21.7. The average molecular weight is 415 g/mol. The largest absolute Gasteiger partial charge is 0.491 e. The number of nitrogens with zero attached hydrogens (tertiary/aromatic N) is 3. The topological polar surface area (TPSA) is 97.6 Å². The van der Waals surface area contributed by atoms with Crippen molar-refractivity contribution in [2.24, 2.45) is 5.41 Å². The SMILES string of the molecule is Cc1ccc(OCCNC(=O)C2(C)CCCN(C(=O)Cc3nonc3C)C2)c(C)c1. The van der Waals surface area contributed by atoms with E-state index in [0.717, 1.165) is 24.2 Å². The molecule has 1 unspecified atom stereocenters. The summed E-state index contributed by atoms with van der Waals surface area (Å²) < 4.78 is 10.5. The van der Waals surface area contributed by atoms with E-state index in [9.17, 15) is 9.59 Å². The number of aromatic nitrogens is 2. The lowest BCUT2D eigenvalue weighted by atomic mass is 9.80. The van der Waals surface area contributed by atoms with Crippen LogP contribution in [0.5, 0.6) is 5.75 Å². The van der Waals surface area contributed by atoms with Gasteiger partial charge in [0.1, 0.15) is 23.7 Å². The highest BCUT2D eigenvalue weighted by atomic mass is 16.6. The summed E-state index contributed by atoms with van der Waals surface area (Å²) in [6.45, 7) is 9.56. The van der Waals surface area contributed by atoms with E-state index in [0.29, 0.717) is 37.6 Å². The van der Waals surface area contributed by atoms with Gasteiger partial charge in [-0.15, -0.1) is 0 Å². The zero-order valence-electron chi connectivity index (χ0n) is 18.2. The Labute approximate surface area is 176 Å². The van der Waals surface area contributed by atoms with Crippen LogP contribution < -0.4 is 10.1 Å². The van der Waals surface area contributed by atoms with Crippen molar-refractivity contribution in [3.8, 4) is 5.75 Å². The lowest BCUT2D eigenvalue weighted by molar-refractivity contribution is -0.140. The predicted octanol–water partition coefficient (Wildman–Crippen LogP) is 2.36. The minimum absolute atomic E-state index is 0.0523. The van der Waals surface area contributed by atoms with Crippen LogP contribution in [0.1, 0.15) is 42.3 Å². The van der Waals surface area contributed by atoms with Gasteiger partial charge < -0.3 is 15.0 Å². The zero-order valence-corrected chi connectivity index (χ0v) is 18.2. The van der Waals surface area contributed by atoms with Crippen LogP contribution in [-0.2, 0) is 16.0 Å². The van der Waals surface area contributed by atoms with Crippen LogP contribution in [0.4, 0.5) is 0 Å². The summed E-state index contributed by atoms with van der Waals surface area (Å²) in [5, 5.41) is 10.5. The van der Waals surface area contributed by atoms with Crippen molar-refractivity contribution in [2.75, 3.05) is 26.2 Å². The third-order valence-electron chi connectivity index (χ3n) is 5.64. The quantitative estimate of drug-likeness (QED) is 0.699. The molecule has 8 nitrogen and oxygen atoms in total. The average Bonchev–Trinajstić information content (AvgIpc) is 3.11. The number of nitrogens with one attached hydrogen (secondary N) is 1. The highest BCUT2D eigenvalue weighted by Crippen LogP contribution is 2.30. The van der Waals surface area contributed by atoms with Gasteiger partial charge in [-0.3, -0.25) is 9.59 Å². The van der Waals surface area contributed by atoms with Crippen molar-refractivity contribution in [3.05, 3.63) is 40.7 Å². The molecule has 8 heteroatoms. The van der Waals surface area contributed by atoms with Gasteiger partial charge in [-0.2, -0.15) is 0 Å². The predicted molar refractivity (Wildman–Crippen MR) is 111 cm³/mol. The van der Waals surface area contributed by atoms with E-state index in [2.05, 4.69) is 26.3 Å². The molecule has 0 radical (unpaired) electrons. The summed E-state index contributed by atoms with van der Waals surface area (Å²) in [4.78, 5) is 27.2. The van der Waals surface area contributed by atoms with E-state index in [4.69, 9.17) is 4.74 Å². The molecule has 0 saturated carbocycles. The number of amides is 2. The molecule has 30 heavy (non-hydrogen) atoms. The van der Waals surface area contributed by atoms with Gasteiger partial charge >= 0.3 is 0 Å². The number of likely N-dealkylation sites (tertiary alicyclic amines) is 1. The van der Waals surface area contributed by atoms with Gasteiger partial charge in [-0.05, 0) is 52.2 Å². The molecule has 162 valence electrons. The van der Waals surface area contributed by atoms with Crippen LogP contribution >= 0.6 is 0 Å². The number of benzene rings is 1. The Bertz CT molecular complexity index is 910. The molecule has 1 aromatic heterocycles. The van der Waals surface area contributed by atoms with Crippen molar-refractivity contribution in [1.82, 2.24) is 20.5 Å². The van der Waals surface area contributed by atoms with E-state index in [1.165, 1.54) is 5.56 Å². The Morgan fingerprint density at radius 3 is 2.77 bits per heavy atom. The lowest BCUT2D eigenvalue weighted by Gasteiger charge is -2.39. The normalized spacial score (nSPS) is 18.9. The molecule has 1 aliphatic rings.